The Morgan fingerprint density at radius 1 is 0.628 bits per heavy atom. The molecular weight excluding hydrogens is 1350 g/mol. The summed E-state index contributed by atoms with van der Waals surface area (Å²) in [5.41, 5.74) is 7.59. The van der Waals surface area contributed by atoms with E-state index in [-0.39, 0.29) is 44.8 Å². The highest BCUT2D eigenvalue weighted by Gasteiger charge is 2.49. The highest BCUT2D eigenvalue weighted by Crippen LogP contribution is 2.40. The molecule has 3 atom stereocenters. The Morgan fingerprint density at radius 2 is 1.11 bits per heavy atom. The van der Waals surface area contributed by atoms with Gasteiger partial charge in [-0.15, -0.1) is 34.0 Å². The van der Waals surface area contributed by atoms with E-state index in [1.54, 1.807) is 69.1 Å². The van der Waals surface area contributed by atoms with Crippen LogP contribution in [0.3, 0.4) is 0 Å². The summed E-state index contributed by atoms with van der Waals surface area (Å²) >= 11 is 6.98. The maximum atomic E-state index is 12.9. The number of aryl methyl sites for hydroxylation is 2. The number of halogens is 4. The summed E-state index contributed by atoms with van der Waals surface area (Å²) in [7, 11) is 0. The third kappa shape index (κ3) is 15.0. The summed E-state index contributed by atoms with van der Waals surface area (Å²) in [6.45, 7) is 16.5. The van der Waals surface area contributed by atoms with Crippen LogP contribution in [0.25, 0.3) is 32.7 Å². The zero-order valence-corrected chi connectivity index (χ0v) is 56.5. The van der Waals surface area contributed by atoms with Crippen molar-refractivity contribution >= 4 is 125 Å². The fourth-order valence-electron chi connectivity index (χ4n) is 11.9. The van der Waals surface area contributed by atoms with E-state index in [4.69, 9.17) is 14.6 Å². The number of hydrogen-bond acceptors (Lipinski definition) is 15. The van der Waals surface area contributed by atoms with Gasteiger partial charge >= 0.3 is 42.3 Å². The largest absolute Gasteiger partial charge is 0.481 e. The number of aliphatic carboxylic acids is 3. The van der Waals surface area contributed by atoms with Gasteiger partial charge in [-0.25, -0.2) is 38.9 Å². The number of carbonyl (C=O) groups excluding carboxylic acids is 4. The minimum atomic E-state index is -4.30. The molecule has 4 aliphatic heterocycles. The Morgan fingerprint density at radius 3 is 1.57 bits per heavy atom. The molecule has 1 fully saturated rings. The van der Waals surface area contributed by atoms with Crippen molar-refractivity contribution in [3.05, 3.63) is 155 Å². The number of nitrogens with zero attached hydrogens (tertiary/aromatic N) is 9. The Bertz CT molecular complexity index is 4380. The van der Waals surface area contributed by atoms with E-state index in [2.05, 4.69) is 57.1 Å². The number of carboxylic acids is 3. The Labute approximate surface area is 557 Å². The first-order valence-electron chi connectivity index (χ1n) is 29.8. The van der Waals surface area contributed by atoms with Crippen molar-refractivity contribution in [1.82, 2.24) is 48.7 Å². The number of rotatable bonds is 10. The predicted octanol–water partition coefficient (Wildman–Crippen LogP) is 12.8. The number of thiazole rings is 3. The summed E-state index contributed by atoms with van der Waals surface area (Å²) in [6.07, 6.45) is 0.185. The first kappa shape index (κ1) is 68.2. The second kappa shape index (κ2) is 27.3. The van der Waals surface area contributed by atoms with E-state index in [0.717, 1.165) is 91.2 Å². The number of H-pyrrole nitrogens is 1. The lowest BCUT2D eigenvalue weighted by molar-refractivity contribution is -0.144. The van der Waals surface area contributed by atoms with E-state index >= 15 is 0 Å². The second-order valence-electron chi connectivity index (χ2n) is 24.7. The number of fused-ring (bicyclic) bond motifs is 10. The molecule has 4 aliphatic rings. The summed E-state index contributed by atoms with van der Waals surface area (Å²) in [5.74, 6) is -3.38. The molecule has 22 nitrogen and oxygen atoms in total. The third-order valence-electron chi connectivity index (χ3n) is 15.9. The Kier molecular flexibility index (Phi) is 19.8. The minimum Gasteiger partial charge on any atom is -0.481 e. The molecule has 13 rings (SSSR count). The van der Waals surface area contributed by atoms with Crippen LogP contribution in [0.1, 0.15) is 111 Å². The molecule has 0 bridgehead atoms. The molecule has 6 aromatic heterocycles. The zero-order valence-electron chi connectivity index (χ0n) is 52.4. The monoisotopic (exact) mass is 1410 g/mol. The van der Waals surface area contributed by atoms with E-state index in [9.17, 15) is 56.9 Å². The van der Waals surface area contributed by atoms with Crippen molar-refractivity contribution in [1.29, 1.82) is 0 Å². The van der Waals surface area contributed by atoms with Crippen molar-refractivity contribution in [3.63, 3.8) is 0 Å². The maximum absolute atomic E-state index is 12.9. The third-order valence-corrected chi connectivity index (χ3v) is 19.7. The van der Waals surface area contributed by atoms with Gasteiger partial charge in [-0.05, 0) is 90.3 Å². The Balaban J connectivity index is 0.000000143. The van der Waals surface area contributed by atoms with Gasteiger partial charge in [0.15, 0.2) is 5.01 Å². The average molecular weight is 1410 g/mol. The van der Waals surface area contributed by atoms with E-state index in [1.165, 1.54) is 16.0 Å². The number of imide groups is 1. The van der Waals surface area contributed by atoms with Crippen LogP contribution in [-0.2, 0) is 92.1 Å². The number of amides is 5. The first-order valence-corrected chi connectivity index (χ1v) is 33.4. The lowest BCUT2D eigenvalue weighted by Gasteiger charge is -2.35. The first-order chi connectivity index (χ1) is 44.4. The summed E-state index contributed by atoms with van der Waals surface area (Å²) in [5, 5.41) is 33.1. The highest BCUT2D eigenvalue weighted by molar-refractivity contribution is 9.08. The number of hydrogen-bond donors (Lipinski definition) is 4. The van der Waals surface area contributed by atoms with Crippen molar-refractivity contribution in [3.8, 4) is 0 Å². The van der Waals surface area contributed by atoms with Crippen LogP contribution in [0.15, 0.2) is 91.4 Å². The van der Waals surface area contributed by atoms with Gasteiger partial charge in [0.05, 0.1) is 49.2 Å². The fourth-order valence-corrected chi connectivity index (χ4v) is 14.6. The second-order valence-corrected chi connectivity index (χ2v) is 29.1. The molecule has 1 saturated heterocycles. The summed E-state index contributed by atoms with van der Waals surface area (Å²) in [6, 6.07) is 21.0. The van der Waals surface area contributed by atoms with Crippen LogP contribution >= 0.6 is 49.9 Å². The Hall–Kier alpha value is -8.67. The van der Waals surface area contributed by atoms with Crippen molar-refractivity contribution in [2.75, 3.05) is 6.54 Å². The quantitative estimate of drug-likeness (QED) is 0.0732. The molecule has 5 amide bonds. The molecule has 0 saturated carbocycles. The van der Waals surface area contributed by atoms with E-state index in [0.29, 0.717) is 47.6 Å². The summed E-state index contributed by atoms with van der Waals surface area (Å²) in [4.78, 5) is 109. The number of nitrogens with one attached hydrogen (secondary N) is 1. The predicted molar refractivity (Wildman–Crippen MR) is 350 cm³/mol. The highest BCUT2D eigenvalue weighted by atomic mass is 79.9. The van der Waals surface area contributed by atoms with Crippen LogP contribution in [0.5, 0.6) is 0 Å². The number of aromatic amines is 1. The van der Waals surface area contributed by atoms with Crippen molar-refractivity contribution in [2.45, 2.75) is 155 Å². The number of carbonyl (C=O) groups is 7. The van der Waals surface area contributed by atoms with Crippen molar-refractivity contribution in [2.24, 2.45) is 0 Å². The van der Waals surface area contributed by atoms with Crippen LogP contribution < -0.4 is 0 Å². The van der Waals surface area contributed by atoms with Gasteiger partial charge < -0.3 is 43.8 Å². The number of urea groups is 1. The van der Waals surface area contributed by atoms with Gasteiger partial charge in [0, 0.05) is 114 Å². The molecule has 0 spiro atoms. The number of para-hydroxylation sites is 3. The molecule has 0 radical (unpaired) electrons. The minimum absolute atomic E-state index is 0.0922. The fraction of sp³-hybridized carbons (Fsp3) is 0.385. The topological polar surface area (TPSA) is 276 Å². The zero-order chi connectivity index (χ0) is 67.9. The van der Waals surface area contributed by atoms with Gasteiger partial charge in [0.1, 0.15) is 29.3 Å². The maximum Gasteiger partial charge on any atom is 0.443 e. The molecule has 3 aromatic carbocycles. The van der Waals surface area contributed by atoms with Gasteiger partial charge in [-0.1, -0.05) is 70.5 Å². The molecule has 2 unspecified atom stereocenters. The lowest BCUT2D eigenvalue weighted by Crippen LogP contribution is -2.50. The van der Waals surface area contributed by atoms with E-state index in [1.807, 2.05) is 86.9 Å². The molecule has 4 N–H and O–H groups in total. The number of aromatic nitrogens is 6. The molecule has 10 heterocycles. The molecule has 29 heteroatoms. The standard InChI is InChI=1S/C22H25N3O4S.C21H20N4O4S.C17H20N2O4.C5H3BrF3NS/c1-13-23-10-14(30-13)11-24-17-8-6-5-7-15(17)16-9-18(20(26)27)25(12-19(16)24)21(28)29-22(2,3)4;1-12-22-9-13(30-12)10-24-16-5-3-2-4-14(16)15-8-17-20(28)23(7-6-19(26)27)21(29)25(17)11-18(15)24;1-17(2,3)23-16(22)19-9-13-11(8-14(19)15(20)21)10-6-4-5-7-12(10)18-13;6-1-3-2-10-4(11-3)5(7,8)9/h5-8,10,18H,9,11-12H2,1-4H3,(H,26,27);2-5,9,17H,6-8,10-11H2,1H3,(H,26,27);4-7,14,18H,8-9H2,1-3H3,(H,20,21);2H,1H2/t;17-;;/m.0../s1. The van der Waals surface area contributed by atoms with Crippen LogP contribution in [-0.4, -0.2) is 142 Å². The van der Waals surface area contributed by atoms with E-state index < -0.39 is 76.6 Å². The normalized spacial score (nSPS) is 16.9. The van der Waals surface area contributed by atoms with Crippen LogP contribution in [0.2, 0.25) is 0 Å². The number of ether oxygens (including phenoxy) is 2. The average Bonchev–Trinajstić information content (AvgIpc) is 1.59. The molecule has 0 aliphatic carbocycles. The van der Waals surface area contributed by atoms with Gasteiger partial charge in [-0.2, -0.15) is 13.2 Å². The van der Waals surface area contributed by atoms with Crippen molar-refractivity contribution < 1.29 is 71.5 Å². The van der Waals surface area contributed by atoms with Gasteiger partial charge in [0.2, 0.25) is 0 Å². The number of alkyl halides is 4. The molecular formula is C65H68BrF3N10O12S3. The van der Waals surface area contributed by atoms with Crippen LogP contribution in [0.4, 0.5) is 27.6 Å². The molecule has 94 heavy (non-hydrogen) atoms. The number of carboxylic acid groups (broad SMARTS) is 3. The SMILES string of the molecule is CC(C)(C)OC(=O)N1Cc2[nH]c3ccccc3c2CC1C(=O)O.Cc1ncc(Cn2c3c(c4ccccc42)CC(C(=O)O)N(C(=O)OC(C)(C)C)C3)s1.Cc1ncc(Cn2c3c(c4ccccc42)C[C@H]2C(=O)N(CCC(=O)O)C(=O)N2C3)s1.FC(F)(F)c1ncc(CBr)s1. The molecule has 9 aromatic rings. The van der Waals surface area contributed by atoms with Crippen LogP contribution in [0, 0.1) is 13.8 Å². The smallest absolute Gasteiger partial charge is 0.443 e. The lowest BCUT2D eigenvalue weighted by atomic mass is 9.97. The van der Waals surface area contributed by atoms with Gasteiger partial charge in [0.25, 0.3) is 5.91 Å². The summed E-state index contributed by atoms with van der Waals surface area (Å²) < 4.78 is 50.9. The number of benzene rings is 3. The molecule has 496 valence electrons. The van der Waals surface area contributed by atoms with Gasteiger partial charge in [-0.3, -0.25) is 24.3 Å².